The number of carbonyl (C=O) groups is 3. The Kier molecular flexibility index (Phi) is 3.88. The maximum absolute atomic E-state index is 12.4. The maximum Gasteiger partial charge on any atom is 0.341 e. The number of fused-ring (bicyclic) bond motifs is 1. The third-order valence-corrected chi connectivity index (χ3v) is 5.20. The van der Waals surface area contributed by atoms with Crippen LogP contribution in [0.25, 0.3) is 0 Å². The molecule has 1 atom stereocenters. The molecular formula is C14H17N3O4S. The lowest BCUT2D eigenvalue weighted by Gasteiger charge is -2.17. The lowest BCUT2D eigenvalue weighted by molar-refractivity contribution is -0.121. The second kappa shape index (κ2) is 5.69. The summed E-state index contributed by atoms with van der Waals surface area (Å²) in [6.45, 7) is 0. The lowest BCUT2D eigenvalue weighted by atomic mass is 10.1. The summed E-state index contributed by atoms with van der Waals surface area (Å²) < 4.78 is 4.85. The van der Waals surface area contributed by atoms with Crippen LogP contribution < -0.4 is 10.7 Å². The van der Waals surface area contributed by atoms with Gasteiger partial charge in [-0.1, -0.05) is 0 Å². The van der Waals surface area contributed by atoms with Gasteiger partial charge in [-0.2, -0.15) is 0 Å². The summed E-state index contributed by atoms with van der Waals surface area (Å²) in [5.74, 6) is -0.917. The number of nitrogens with zero attached hydrogens (tertiary/aromatic N) is 1. The quantitative estimate of drug-likeness (QED) is 0.800. The maximum atomic E-state index is 12.4. The van der Waals surface area contributed by atoms with E-state index in [1.807, 2.05) is 0 Å². The summed E-state index contributed by atoms with van der Waals surface area (Å²) in [4.78, 5) is 36.9. The van der Waals surface area contributed by atoms with Gasteiger partial charge < -0.3 is 10.1 Å². The standard InChI is InChI=1S/C14H17N3O4S/c1-17-8(6-10(18)16-17)12(19)15-13-11(14(20)21-2)7-4-3-5-9(7)22-13/h8H,3-6H2,1-2H3,(H,15,19)(H,16,18). The number of thiophene rings is 1. The molecule has 3 rings (SSSR count). The first-order valence-corrected chi connectivity index (χ1v) is 7.89. The van der Waals surface area contributed by atoms with Crippen LogP contribution in [0.3, 0.4) is 0 Å². The highest BCUT2D eigenvalue weighted by molar-refractivity contribution is 7.17. The molecule has 0 radical (unpaired) electrons. The molecule has 1 aromatic rings. The zero-order valence-electron chi connectivity index (χ0n) is 12.4. The van der Waals surface area contributed by atoms with Crippen molar-refractivity contribution in [3.63, 3.8) is 0 Å². The smallest absolute Gasteiger partial charge is 0.341 e. The van der Waals surface area contributed by atoms with Gasteiger partial charge in [-0.15, -0.1) is 11.3 Å². The first-order chi connectivity index (χ1) is 10.5. The van der Waals surface area contributed by atoms with Crippen molar-refractivity contribution in [1.29, 1.82) is 0 Å². The van der Waals surface area contributed by atoms with Gasteiger partial charge in [0.15, 0.2) is 0 Å². The van der Waals surface area contributed by atoms with Crippen LogP contribution in [0.2, 0.25) is 0 Å². The van der Waals surface area contributed by atoms with E-state index >= 15 is 0 Å². The lowest BCUT2D eigenvalue weighted by Crippen LogP contribution is -2.41. The molecule has 2 aliphatic rings. The number of methoxy groups -OCH3 is 1. The largest absolute Gasteiger partial charge is 0.465 e. The van der Waals surface area contributed by atoms with E-state index in [0.717, 1.165) is 29.7 Å². The van der Waals surface area contributed by atoms with Gasteiger partial charge in [-0.3, -0.25) is 15.0 Å². The SMILES string of the molecule is COC(=O)c1c(NC(=O)C2CC(=O)NN2C)sc2c1CCC2. The van der Waals surface area contributed by atoms with Crippen molar-refractivity contribution in [3.8, 4) is 0 Å². The molecule has 1 unspecified atom stereocenters. The third-order valence-electron chi connectivity index (χ3n) is 4.00. The minimum atomic E-state index is -0.574. The van der Waals surface area contributed by atoms with Gasteiger partial charge >= 0.3 is 5.97 Å². The van der Waals surface area contributed by atoms with Gasteiger partial charge in [-0.25, -0.2) is 9.80 Å². The molecule has 1 aliphatic carbocycles. The van der Waals surface area contributed by atoms with E-state index in [1.165, 1.54) is 23.5 Å². The average molecular weight is 323 g/mol. The number of hydrazine groups is 1. The fourth-order valence-corrected chi connectivity index (χ4v) is 4.19. The molecule has 2 heterocycles. The van der Waals surface area contributed by atoms with Crippen molar-refractivity contribution in [2.24, 2.45) is 0 Å². The number of rotatable bonds is 3. The fourth-order valence-electron chi connectivity index (χ4n) is 2.91. The molecular weight excluding hydrogens is 306 g/mol. The molecule has 1 aliphatic heterocycles. The zero-order valence-corrected chi connectivity index (χ0v) is 13.2. The van der Waals surface area contributed by atoms with Gasteiger partial charge in [-0.05, 0) is 24.8 Å². The number of hydrogen-bond acceptors (Lipinski definition) is 6. The average Bonchev–Trinajstić information content (AvgIpc) is 3.12. The highest BCUT2D eigenvalue weighted by Crippen LogP contribution is 2.39. The molecule has 0 saturated carbocycles. The van der Waals surface area contributed by atoms with Crippen LogP contribution in [0.1, 0.15) is 33.6 Å². The molecule has 2 amide bonds. The molecule has 118 valence electrons. The van der Waals surface area contributed by atoms with E-state index in [4.69, 9.17) is 4.74 Å². The molecule has 8 heteroatoms. The van der Waals surface area contributed by atoms with E-state index in [0.29, 0.717) is 10.6 Å². The second-order valence-electron chi connectivity index (χ2n) is 5.41. The summed E-state index contributed by atoms with van der Waals surface area (Å²) in [7, 11) is 2.98. The molecule has 7 nitrogen and oxygen atoms in total. The number of hydrogen-bond donors (Lipinski definition) is 2. The molecule has 0 spiro atoms. The van der Waals surface area contributed by atoms with Crippen molar-refractivity contribution in [1.82, 2.24) is 10.4 Å². The van der Waals surface area contributed by atoms with Gasteiger partial charge in [0.25, 0.3) is 0 Å². The van der Waals surface area contributed by atoms with Gasteiger partial charge in [0.2, 0.25) is 11.8 Å². The Bertz CT molecular complexity index is 655. The van der Waals surface area contributed by atoms with E-state index in [2.05, 4.69) is 10.7 Å². The third kappa shape index (κ3) is 2.48. The van der Waals surface area contributed by atoms with Crippen LogP contribution in [0.15, 0.2) is 0 Å². The minimum Gasteiger partial charge on any atom is -0.465 e. The van der Waals surface area contributed by atoms with Crippen molar-refractivity contribution >= 4 is 34.1 Å². The van der Waals surface area contributed by atoms with Crippen LogP contribution in [0, 0.1) is 0 Å². The number of esters is 1. The van der Waals surface area contributed by atoms with Crippen molar-refractivity contribution in [3.05, 3.63) is 16.0 Å². The van der Waals surface area contributed by atoms with Crippen LogP contribution in [-0.4, -0.2) is 43.0 Å². The van der Waals surface area contributed by atoms with Crippen molar-refractivity contribution < 1.29 is 19.1 Å². The summed E-state index contributed by atoms with van der Waals surface area (Å²) >= 11 is 1.42. The molecule has 2 N–H and O–H groups in total. The van der Waals surface area contributed by atoms with Crippen LogP contribution in [0.4, 0.5) is 5.00 Å². The first kappa shape index (κ1) is 15.0. The summed E-state index contributed by atoms with van der Waals surface area (Å²) in [5.41, 5.74) is 4.02. The number of carbonyl (C=O) groups excluding carboxylic acids is 3. The fraction of sp³-hybridized carbons (Fsp3) is 0.500. The van der Waals surface area contributed by atoms with E-state index in [9.17, 15) is 14.4 Å². The van der Waals surface area contributed by atoms with Gasteiger partial charge in [0, 0.05) is 11.9 Å². The van der Waals surface area contributed by atoms with E-state index in [1.54, 1.807) is 7.05 Å². The predicted molar refractivity (Wildman–Crippen MR) is 80.6 cm³/mol. The Morgan fingerprint density at radius 1 is 1.41 bits per heavy atom. The van der Waals surface area contributed by atoms with Crippen LogP contribution in [0.5, 0.6) is 0 Å². The van der Waals surface area contributed by atoms with Crippen molar-refractivity contribution in [2.45, 2.75) is 31.7 Å². The first-order valence-electron chi connectivity index (χ1n) is 7.07. The summed E-state index contributed by atoms with van der Waals surface area (Å²) in [6.07, 6.45) is 2.88. The van der Waals surface area contributed by atoms with Gasteiger partial charge in [0.1, 0.15) is 11.0 Å². The summed E-state index contributed by atoms with van der Waals surface area (Å²) in [5, 5.41) is 4.80. The molecule has 1 fully saturated rings. The van der Waals surface area contributed by atoms with E-state index < -0.39 is 12.0 Å². The second-order valence-corrected chi connectivity index (χ2v) is 6.51. The highest BCUT2D eigenvalue weighted by Gasteiger charge is 2.35. The summed E-state index contributed by atoms with van der Waals surface area (Å²) in [6, 6.07) is -0.574. The van der Waals surface area contributed by atoms with Crippen LogP contribution >= 0.6 is 11.3 Å². The number of likely N-dealkylation sites (N-methyl/N-ethyl adjacent to an activating group) is 1. The monoisotopic (exact) mass is 323 g/mol. The molecule has 0 bridgehead atoms. The topological polar surface area (TPSA) is 87.7 Å². The Labute approximate surface area is 131 Å². The molecule has 0 aromatic carbocycles. The van der Waals surface area contributed by atoms with Crippen LogP contribution in [-0.2, 0) is 27.2 Å². The Morgan fingerprint density at radius 3 is 2.82 bits per heavy atom. The number of amides is 2. The minimum absolute atomic E-state index is 0.112. The Hall–Kier alpha value is -1.93. The number of aryl methyl sites for hydroxylation is 1. The van der Waals surface area contributed by atoms with E-state index in [-0.39, 0.29) is 18.2 Å². The number of ether oxygens (including phenoxy) is 1. The predicted octanol–water partition coefficient (Wildman–Crippen LogP) is 0.697. The Balaban J connectivity index is 1.85. The normalized spacial score (nSPS) is 20.6. The zero-order chi connectivity index (χ0) is 15.9. The molecule has 1 saturated heterocycles. The Morgan fingerprint density at radius 2 is 2.18 bits per heavy atom. The highest BCUT2D eigenvalue weighted by atomic mass is 32.1. The number of nitrogens with one attached hydrogen (secondary N) is 2. The molecule has 1 aromatic heterocycles. The number of anilines is 1. The van der Waals surface area contributed by atoms with Crippen molar-refractivity contribution in [2.75, 3.05) is 19.5 Å². The van der Waals surface area contributed by atoms with Gasteiger partial charge in [0.05, 0.1) is 19.1 Å². The molecule has 22 heavy (non-hydrogen) atoms.